The Labute approximate surface area is 119 Å². The molecule has 0 fully saturated rings. The average Bonchev–Trinajstić information content (AvgIpc) is 2.75. The van der Waals surface area contributed by atoms with E-state index in [4.69, 9.17) is 10.5 Å². The number of aryl methyl sites for hydroxylation is 3. The maximum atomic E-state index is 6.18. The number of nitrogens with zero attached hydrogens (tertiary/aromatic N) is 2. The minimum Gasteiger partial charge on any atom is -0.487 e. The fourth-order valence-electron chi connectivity index (χ4n) is 2.86. The number of benzene rings is 1. The first kappa shape index (κ1) is 13.2. The van der Waals surface area contributed by atoms with Crippen LogP contribution in [0.3, 0.4) is 0 Å². The molecule has 0 unspecified atom stereocenters. The molecule has 0 saturated carbocycles. The Morgan fingerprint density at radius 2 is 2.25 bits per heavy atom. The van der Waals surface area contributed by atoms with Crippen LogP contribution in [0.2, 0.25) is 0 Å². The molecule has 4 heteroatoms. The van der Waals surface area contributed by atoms with E-state index in [-0.39, 0.29) is 6.04 Å². The van der Waals surface area contributed by atoms with Gasteiger partial charge in [-0.1, -0.05) is 6.07 Å². The third kappa shape index (κ3) is 2.56. The summed E-state index contributed by atoms with van der Waals surface area (Å²) >= 11 is 0. The molecule has 0 spiro atoms. The summed E-state index contributed by atoms with van der Waals surface area (Å²) in [4.78, 5) is 0. The zero-order chi connectivity index (χ0) is 14.1. The van der Waals surface area contributed by atoms with Gasteiger partial charge in [0, 0.05) is 13.1 Å². The summed E-state index contributed by atoms with van der Waals surface area (Å²) in [6.45, 7) is 2.52. The SMILES string of the molecule is Cc1cc(COc2ccc3c(c2)[C@@H](N)CCC3)n(C)n1. The first-order valence-corrected chi connectivity index (χ1v) is 7.14. The quantitative estimate of drug-likeness (QED) is 0.933. The van der Waals surface area contributed by atoms with Gasteiger partial charge in [-0.3, -0.25) is 4.68 Å². The Morgan fingerprint density at radius 1 is 1.40 bits per heavy atom. The minimum atomic E-state index is 0.154. The van der Waals surface area contributed by atoms with Crippen LogP contribution >= 0.6 is 0 Å². The molecule has 1 aromatic carbocycles. The van der Waals surface area contributed by atoms with Gasteiger partial charge in [-0.05, 0) is 55.5 Å². The summed E-state index contributed by atoms with van der Waals surface area (Å²) in [5, 5.41) is 4.32. The van der Waals surface area contributed by atoms with Crippen molar-refractivity contribution in [1.29, 1.82) is 0 Å². The van der Waals surface area contributed by atoms with Crippen molar-refractivity contribution in [2.24, 2.45) is 12.8 Å². The zero-order valence-corrected chi connectivity index (χ0v) is 12.1. The number of fused-ring (bicyclic) bond motifs is 1. The van der Waals surface area contributed by atoms with E-state index in [0.29, 0.717) is 6.61 Å². The molecule has 106 valence electrons. The smallest absolute Gasteiger partial charge is 0.130 e. The third-order valence-electron chi connectivity index (χ3n) is 3.96. The van der Waals surface area contributed by atoms with Gasteiger partial charge < -0.3 is 10.5 Å². The van der Waals surface area contributed by atoms with E-state index in [1.54, 1.807) is 0 Å². The van der Waals surface area contributed by atoms with Crippen LogP contribution < -0.4 is 10.5 Å². The highest BCUT2D eigenvalue weighted by Crippen LogP contribution is 2.31. The number of rotatable bonds is 3. The lowest BCUT2D eigenvalue weighted by atomic mass is 9.88. The average molecular weight is 271 g/mol. The predicted molar refractivity (Wildman–Crippen MR) is 78.6 cm³/mol. The van der Waals surface area contributed by atoms with Crippen LogP contribution in [0.1, 0.15) is 41.4 Å². The molecule has 3 rings (SSSR count). The van der Waals surface area contributed by atoms with Crippen molar-refractivity contribution < 1.29 is 4.74 Å². The van der Waals surface area contributed by atoms with Gasteiger partial charge in [0.25, 0.3) is 0 Å². The summed E-state index contributed by atoms with van der Waals surface area (Å²) in [6, 6.07) is 8.49. The van der Waals surface area contributed by atoms with Gasteiger partial charge in [0.1, 0.15) is 12.4 Å². The molecule has 1 atom stereocenters. The fourth-order valence-corrected chi connectivity index (χ4v) is 2.86. The summed E-state index contributed by atoms with van der Waals surface area (Å²) < 4.78 is 7.74. The Hall–Kier alpha value is -1.81. The molecule has 2 N–H and O–H groups in total. The minimum absolute atomic E-state index is 0.154. The van der Waals surface area contributed by atoms with Gasteiger partial charge in [-0.15, -0.1) is 0 Å². The second kappa shape index (κ2) is 5.29. The predicted octanol–water partition coefficient (Wildman–Crippen LogP) is 2.64. The number of ether oxygens (including phenoxy) is 1. The summed E-state index contributed by atoms with van der Waals surface area (Å²) in [6.07, 6.45) is 3.38. The number of hydrogen-bond donors (Lipinski definition) is 1. The van der Waals surface area contributed by atoms with E-state index in [1.165, 1.54) is 17.5 Å². The van der Waals surface area contributed by atoms with Crippen LogP contribution in [0.25, 0.3) is 0 Å². The van der Waals surface area contributed by atoms with Gasteiger partial charge in [-0.25, -0.2) is 0 Å². The maximum Gasteiger partial charge on any atom is 0.130 e. The van der Waals surface area contributed by atoms with E-state index in [1.807, 2.05) is 30.8 Å². The fraction of sp³-hybridized carbons (Fsp3) is 0.438. The van der Waals surface area contributed by atoms with Gasteiger partial charge in [0.05, 0.1) is 11.4 Å². The van der Waals surface area contributed by atoms with Crippen molar-refractivity contribution >= 4 is 0 Å². The zero-order valence-electron chi connectivity index (χ0n) is 12.1. The molecule has 0 amide bonds. The van der Waals surface area contributed by atoms with E-state index >= 15 is 0 Å². The van der Waals surface area contributed by atoms with E-state index in [2.05, 4.69) is 17.2 Å². The molecule has 2 aromatic rings. The Morgan fingerprint density at radius 3 is 3.00 bits per heavy atom. The van der Waals surface area contributed by atoms with Crippen LogP contribution in [0, 0.1) is 6.92 Å². The van der Waals surface area contributed by atoms with Crippen LogP contribution in [0.4, 0.5) is 0 Å². The van der Waals surface area contributed by atoms with Crippen molar-refractivity contribution in [3.05, 3.63) is 46.8 Å². The Kier molecular flexibility index (Phi) is 3.49. The second-order valence-electron chi connectivity index (χ2n) is 5.55. The Balaban J connectivity index is 1.75. The van der Waals surface area contributed by atoms with Gasteiger partial charge in [-0.2, -0.15) is 5.10 Å². The van der Waals surface area contributed by atoms with Crippen LogP contribution in [0.5, 0.6) is 5.75 Å². The maximum absolute atomic E-state index is 6.18. The van der Waals surface area contributed by atoms with Gasteiger partial charge >= 0.3 is 0 Å². The molecule has 20 heavy (non-hydrogen) atoms. The lowest BCUT2D eigenvalue weighted by molar-refractivity contribution is 0.294. The number of hydrogen-bond acceptors (Lipinski definition) is 3. The molecule has 0 radical (unpaired) electrons. The number of aromatic nitrogens is 2. The molecular formula is C16H21N3O. The van der Waals surface area contributed by atoms with Crippen LogP contribution in [-0.4, -0.2) is 9.78 Å². The van der Waals surface area contributed by atoms with Crippen LogP contribution in [0.15, 0.2) is 24.3 Å². The first-order chi connectivity index (χ1) is 9.63. The molecular weight excluding hydrogens is 250 g/mol. The Bertz CT molecular complexity index is 618. The number of nitrogens with two attached hydrogens (primary N) is 1. The summed E-state index contributed by atoms with van der Waals surface area (Å²) in [7, 11) is 1.94. The largest absolute Gasteiger partial charge is 0.487 e. The van der Waals surface area contributed by atoms with Crippen molar-refractivity contribution in [2.45, 2.75) is 38.8 Å². The van der Waals surface area contributed by atoms with E-state index in [9.17, 15) is 0 Å². The summed E-state index contributed by atoms with van der Waals surface area (Å²) in [5.41, 5.74) is 10.9. The molecule has 0 saturated heterocycles. The second-order valence-corrected chi connectivity index (χ2v) is 5.55. The van der Waals surface area contributed by atoms with Crippen molar-refractivity contribution in [1.82, 2.24) is 9.78 Å². The first-order valence-electron chi connectivity index (χ1n) is 7.14. The van der Waals surface area contributed by atoms with Crippen molar-refractivity contribution in [3.63, 3.8) is 0 Å². The highest BCUT2D eigenvalue weighted by molar-refractivity contribution is 5.39. The lowest BCUT2D eigenvalue weighted by Gasteiger charge is -2.22. The molecule has 1 aliphatic carbocycles. The lowest BCUT2D eigenvalue weighted by Crippen LogP contribution is -2.17. The highest BCUT2D eigenvalue weighted by atomic mass is 16.5. The molecule has 1 heterocycles. The highest BCUT2D eigenvalue weighted by Gasteiger charge is 2.17. The van der Waals surface area contributed by atoms with Crippen LogP contribution in [-0.2, 0) is 20.1 Å². The molecule has 1 aliphatic rings. The molecule has 0 bridgehead atoms. The van der Waals surface area contributed by atoms with Gasteiger partial charge in [0.2, 0.25) is 0 Å². The van der Waals surface area contributed by atoms with Gasteiger partial charge in [0.15, 0.2) is 0 Å². The van der Waals surface area contributed by atoms with E-state index in [0.717, 1.165) is 30.0 Å². The monoisotopic (exact) mass is 271 g/mol. The summed E-state index contributed by atoms with van der Waals surface area (Å²) in [5.74, 6) is 0.889. The van der Waals surface area contributed by atoms with E-state index < -0.39 is 0 Å². The standard InChI is InChI=1S/C16H21N3O/c1-11-8-13(19(2)18-11)10-20-14-7-6-12-4-3-5-16(17)15(12)9-14/h6-9,16H,3-5,10,17H2,1-2H3/t16-/m0/s1. The molecule has 0 aliphatic heterocycles. The van der Waals surface area contributed by atoms with Crippen molar-refractivity contribution in [2.75, 3.05) is 0 Å². The molecule has 4 nitrogen and oxygen atoms in total. The molecule has 1 aromatic heterocycles. The third-order valence-corrected chi connectivity index (χ3v) is 3.96. The topological polar surface area (TPSA) is 53.1 Å². The van der Waals surface area contributed by atoms with Crippen molar-refractivity contribution in [3.8, 4) is 5.75 Å². The normalized spacial score (nSPS) is 17.9.